The van der Waals surface area contributed by atoms with Crippen molar-refractivity contribution in [3.63, 3.8) is 0 Å². The summed E-state index contributed by atoms with van der Waals surface area (Å²) in [6.07, 6.45) is 8.65. The number of likely N-dealkylation sites (tertiary alicyclic amines) is 1. The molecule has 2 aliphatic rings. The zero-order valence-corrected chi connectivity index (χ0v) is 11.0. The van der Waals surface area contributed by atoms with Crippen molar-refractivity contribution < 1.29 is 0 Å². The molecule has 2 nitrogen and oxygen atoms in total. The van der Waals surface area contributed by atoms with Crippen molar-refractivity contribution in [1.29, 1.82) is 0 Å². The highest BCUT2D eigenvalue weighted by molar-refractivity contribution is 4.80. The molecule has 2 rings (SSSR count). The number of nitrogens with one attached hydrogen (secondary N) is 1. The van der Waals surface area contributed by atoms with Crippen molar-refractivity contribution in [2.45, 2.75) is 64.5 Å². The fraction of sp³-hybridized carbons (Fsp3) is 1.00. The minimum absolute atomic E-state index is 0.645. The molecule has 2 heteroatoms. The molecule has 0 spiro atoms. The average Bonchev–Trinajstić information content (AvgIpc) is 2.73. The van der Waals surface area contributed by atoms with Gasteiger partial charge in [-0.25, -0.2) is 0 Å². The highest BCUT2D eigenvalue weighted by Crippen LogP contribution is 2.26. The lowest BCUT2D eigenvalue weighted by Gasteiger charge is -2.34. The third-order valence-electron chi connectivity index (χ3n) is 4.15. The van der Waals surface area contributed by atoms with Crippen LogP contribution in [0.25, 0.3) is 0 Å². The number of rotatable bonds is 4. The summed E-state index contributed by atoms with van der Waals surface area (Å²) in [7, 11) is 0. The molecule has 0 aromatic heterocycles. The lowest BCUT2D eigenvalue weighted by molar-refractivity contribution is 0.169. The summed E-state index contributed by atoms with van der Waals surface area (Å²) in [5, 5.41) is 3.67. The number of hydrogen-bond acceptors (Lipinski definition) is 2. The first-order valence-electron chi connectivity index (χ1n) is 7.22. The van der Waals surface area contributed by atoms with E-state index in [1.807, 2.05) is 0 Å². The monoisotopic (exact) mass is 224 g/mol. The highest BCUT2D eigenvalue weighted by Gasteiger charge is 2.23. The maximum Gasteiger partial charge on any atom is 0.00937 e. The number of hydrogen-bond donors (Lipinski definition) is 1. The Morgan fingerprint density at radius 3 is 2.25 bits per heavy atom. The molecule has 94 valence electrons. The summed E-state index contributed by atoms with van der Waals surface area (Å²) in [4.78, 5) is 2.70. The zero-order valence-electron chi connectivity index (χ0n) is 11.0. The quantitative estimate of drug-likeness (QED) is 0.790. The Morgan fingerprint density at radius 1 is 1.06 bits per heavy atom. The van der Waals surface area contributed by atoms with E-state index in [4.69, 9.17) is 0 Å². The van der Waals surface area contributed by atoms with Gasteiger partial charge >= 0.3 is 0 Å². The topological polar surface area (TPSA) is 15.3 Å². The second-order valence-corrected chi connectivity index (χ2v) is 6.05. The first kappa shape index (κ1) is 12.4. The van der Waals surface area contributed by atoms with Crippen LogP contribution in [0.2, 0.25) is 0 Å². The molecule has 0 aromatic rings. The number of piperidine rings is 1. The Kier molecular flexibility index (Phi) is 4.66. The van der Waals surface area contributed by atoms with Crippen LogP contribution in [0.3, 0.4) is 0 Å². The van der Waals surface area contributed by atoms with E-state index in [-0.39, 0.29) is 0 Å². The predicted octanol–water partition coefficient (Wildman–Crippen LogP) is 2.64. The van der Waals surface area contributed by atoms with E-state index in [1.165, 1.54) is 58.2 Å². The van der Waals surface area contributed by atoms with Gasteiger partial charge in [-0.05, 0) is 44.7 Å². The van der Waals surface area contributed by atoms with Gasteiger partial charge in [-0.1, -0.05) is 26.7 Å². The summed E-state index contributed by atoms with van der Waals surface area (Å²) >= 11 is 0. The van der Waals surface area contributed by atoms with Gasteiger partial charge in [0.05, 0.1) is 0 Å². The molecule has 1 aliphatic carbocycles. The molecule has 0 radical (unpaired) electrons. The first-order chi connectivity index (χ1) is 7.74. The summed E-state index contributed by atoms with van der Waals surface area (Å²) in [5.74, 6) is 1.02. The van der Waals surface area contributed by atoms with E-state index in [2.05, 4.69) is 24.1 Å². The Morgan fingerprint density at radius 2 is 1.69 bits per heavy atom. The van der Waals surface area contributed by atoms with Crippen LogP contribution in [-0.4, -0.2) is 36.6 Å². The van der Waals surface area contributed by atoms with Crippen molar-refractivity contribution in [3.8, 4) is 0 Å². The van der Waals surface area contributed by atoms with Crippen LogP contribution >= 0.6 is 0 Å². The number of nitrogens with zero attached hydrogens (tertiary/aromatic N) is 1. The van der Waals surface area contributed by atoms with E-state index in [0.717, 1.165) is 12.0 Å². The lowest BCUT2D eigenvalue weighted by Crippen LogP contribution is -2.45. The lowest BCUT2D eigenvalue weighted by atomic mass is 10.0. The summed E-state index contributed by atoms with van der Waals surface area (Å²) in [6.45, 7) is 8.53. The largest absolute Gasteiger partial charge is 0.312 e. The van der Waals surface area contributed by atoms with Crippen LogP contribution in [0, 0.1) is 5.92 Å². The molecule has 0 amide bonds. The smallest absolute Gasteiger partial charge is 0.00937 e. The van der Waals surface area contributed by atoms with Crippen LogP contribution in [0.5, 0.6) is 0 Å². The van der Waals surface area contributed by atoms with Crippen molar-refractivity contribution in [3.05, 3.63) is 0 Å². The van der Waals surface area contributed by atoms with Crippen molar-refractivity contribution in [2.24, 2.45) is 5.92 Å². The van der Waals surface area contributed by atoms with Gasteiger partial charge in [-0.15, -0.1) is 0 Å². The van der Waals surface area contributed by atoms with Gasteiger partial charge in [0.25, 0.3) is 0 Å². The van der Waals surface area contributed by atoms with E-state index in [1.54, 1.807) is 0 Å². The maximum absolute atomic E-state index is 3.67. The Labute approximate surface area is 101 Å². The molecule has 0 bridgehead atoms. The van der Waals surface area contributed by atoms with Crippen molar-refractivity contribution in [2.75, 3.05) is 19.6 Å². The molecule has 0 aromatic carbocycles. The van der Waals surface area contributed by atoms with E-state index >= 15 is 0 Å². The molecule has 2 fully saturated rings. The summed E-state index contributed by atoms with van der Waals surface area (Å²) in [6, 6.07) is 1.42. The minimum Gasteiger partial charge on any atom is -0.312 e. The molecule has 1 N–H and O–H groups in total. The Hall–Kier alpha value is -0.0800. The van der Waals surface area contributed by atoms with Crippen LogP contribution in [0.1, 0.15) is 52.4 Å². The second kappa shape index (κ2) is 6.02. The van der Waals surface area contributed by atoms with Crippen molar-refractivity contribution in [1.82, 2.24) is 10.2 Å². The predicted molar refractivity (Wildman–Crippen MR) is 69.7 cm³/mol. The summed E-state index contributed by atoms with van der Waals surface area (Å²) < 4.78 is 0. The molecule has 1 saturated carbocycles. The van der Waals surface area contributed by atoms with Crippen LogP contribution in [0.4, 0.5) is 0 Å². The van der Waals surface area contributed by atoms with Gasteiger partial charge < -0.3 is 10.2 Å². The van der Waals surface area contributed by atoms with Crippen molar-refractivity contribution >= 4 is 0 Å². The van der Waals surface area contributed by atoms with Gasteiger partial charge in [0, 0.05) is 18.6 Å². The maximum atomic E-state index is 3.67. The molecule has 16 heavy (non-hydrogen) atoms. The second-order valence-electron chi connectivity index (χ2n) is 6.05. The fourth-order valence-electron chi connectivity index (χ4n) is 3.31. The van der Waals surface area contributed by atoms with Gasteiger partial charge in [0.2, 0.25) is 0 Å². The first-order valence-corrected chi connectivity index (χ1v) is 7.22. The van der Waals surface area contributed by atoms with E-state index in [0.29, 0.717) is 6.04 Å². The molecule has 0 atom stereocenters. The molecule has 1 heterocycles. The zero-order chi connectivity index (χ0) is 11.4. The molecule has 0 unspecified atom stereocenters. The minimum atomic E-state index is 0.645. The molecule has 1 saturated heterocycles. The highest BCUT2D eigenvalue weighted by atomic mass is 15.1. The van der Waals surface area contributed by atoms with E-state index < -0.39 is 0 Å². The van der Waals surface area contributed by atoms with Gasteiger partial charge in [0.15, 0.2) is 0 Å². The van der Waals surface area contributed by atoms with Crippen LogP contribution in [-0.2, 0) is 0 Å². The molecular formula is C14H28N2. The Balaban J connectivity index is 1.64. The van der Waals surface area contributed by atoms with Gasteiger partial charge in [0.1, 0.15) is 0 Å². The van der Waals surface area contributed by atoms with Gasteiger partial charge in [-0.3, -0.25) is 0 Å². The van der Waals surface area contributed by atoms with Crippen LogP contribution < -0.4 is 5.32 Å². The Bertz CT molecular complexity index is 189. The molecular weight excluding hydrogens is 196 g/mol. The standard InChI is InChI=1S/C14H28N2/c1-12(2)15-14-7-9-16(10-8-14)11-13-5-3-4-6-13/h12-15H,3-11H2,1-2H3. The third-order valence-corrected chi connectivity index (χ3v) is 4.15. The van der Waals surface area contributed by atoms with Gasteiger partial charge in [-0.2, -0.15) is 0 Å². The fourth-order valence-corrected chi connectivity index (χ4v) is 3.31. The normalized spacial score (nSPS) is 25.7. The SMILES string of the molecule is CC(C)NC1CCN(CC2CCCC2)CC1. The average molecular weight is 224 g/mol. The summed E-state index contributed by atoms with van der Waals surface area (Å²) in [5.41, 5.74) is 0. The van der Waals surface area contributed by atoms with Crippen LogP contribution in [0.15, 0.2) is 0 Å². The van der Waals surface area contributed by atoms with E-state index in [9.17, 15) is 0 Å². The third kappa shape index (κ3) is 3.74. The molecule has 1 aliphatic heterocycles.